The van der Waals surface area contributed by atoms with Gasteiger partial charge in [-0.25, -0.2) is 9.97 Å². The molecule has 0 fully saturated rings. The SMILES string of the molecule is CC1(C)c2ccccc2-c2ccc(-c3ccc(-c4cc(-c5cc(-c6ccc7sc8ccccc8c7c6)cc(-c6ccccc6-c6ccccc6)c5)nc(-c5ccccc5)n4)cc3)cc21. The van der Waals surface area contributed by atoms with Gasteiger partial charge in [0.1, 0.15) is 0 Å². The van der Waals surface area contributed by atoms with Gasteiger partial charge >= 0.3 is 0 Å². The highest BCUT2D eigenvalue weighted by Gasteiger charge is 2.35. The van der Waals surface area contributed by atoms with Gasteiger partial charge in [0.05, 0.1) is 11.4 Å². The van der Waals surface area contributed by atoms with E-state index < -0.39 is 0 Å². The van der Waals surface area contributed by atoms with Gasteiger partial charge in [0.25, 0.3) is 0 Å². The number of aromatic nitrogens is 2. The van der Waals surface area contributed by atoms with Gasteiger partial charge in [-0.05, 0) is 115 Å². The minimum absolute atomic E-state index is 0.0566. The van der Waals surface area contributed by atoms with Crippen molar-refractivity contribution in [2.45, 2.75) is 19.3 Å². The Kier molecular flexibility index (Phi) is 9.06. The van der Waals surface area contributed by atoms with Crippen LogP contribution in [0.1, 0.15) is 25.0 Å². The summed E-state index contributed by atoms with van der Waals surface area (Å²) in [6.07, 6.45) is 0. The third-order valence-corrected chi connectivity index (χ3v) is 14.3. The average Bonchev–Trinajstić information content (AvgIpc) is 3.85. The van der Waals surface area contributed by atoms with E-state index in [2.05, 4.69) is 226 Å². The van der Waals surface area contributed by atoms with Gasteiger partial charge in [-0.15, -0.1) is 11.3 Å². The highest BCUT2D eigenvalue weighted by Crippen LogP contribution is 2.50. The van der Waals surface area contributed by atoms with E-state index in [1.54, 1.807) is 0 Å². The number of hydrogen-bond acceptors (Lipinski definition) is 3. The molecule has 0 saturated carbocycles. The lowest BCUT2D eigenvalue weighted by Crippen LogP contribution is -2.14. The third-order valence-electron chi connectivity index (χ3n) is 13.1. The lowest BCUT2D eigenvalue weighted by atomic mass is 9.81. The van der Waals surface area contributed by atoms with Gasteiger partial charge in [-0.2, -0.15) is 0 Å². The van der Waals surface area contributed by atoms with E-state index in [9.17, 15) is 0 Å². The van der Waals surface area contributed by atoms with Gasteiger partial charge in [-0.1, -0.05) is 184 Å². The smallest absolute Gasteiger partial charge is 0.160 e. The molecule has 0 aliphatic heterocycles. The summed E-state index contributed by atoms with van der Waals surface area (Å²) in [7, 11) is 0. The lowest BCUT2D eigenvalue weighted by Gasteiger charge is -2.22. The molecular weight excluding hydrogens is 793 g/mol. The van der Waals surface area contributed by atoms with Crippen LogP contribution in [0.25, 0.3) is 110 Å². The van der Waals surface area contributed by atoms with Crippen molar-refractivity contribution in [1.29, 1.82) is 0 Å². The first kappa shape index (κ1) is 38.0. The second kappa shape index (κ2) is 15.3. The van der Waals surface area contributed by atoms with Crippen molar-refractivity contribution in [3.63, 3.8) is 0 Å². The largest absolute Gasteiger partial charge is 0.228 e. The summed E-state index contributed by atoms with van der Waals surface area (Å²) in [6, 6.07) is 79.2. The maximum atomic E-state index is 5.35. The zero-order valence-electron chi connectivity index (χ0n) is 35.6. The van der Waals surface area contributed by atoms with Crippen LogP contribution in [-0.4, -0.2) is 9.97 Å². The molecule has 1 aliphatic rings. The van der Waals surface area contributed by atoms with Gasteiger partial charge in [-0.3, -0.25) is 0 Å². The van der Waals surface area contributed by atoms with Crippen LogP contribution in [0.4, 0.5) is 0 Å². The van der Waals surface area contributed by atoms with Crippen LogP contribution in [0.15, 0.2) is 218 Å². The van der Waals surface area contributed by atoms with Crippen molar-refractivity contribution in [3.8, 4) is 89.5 Å². The molecule has 0 saturated heterocycles. The molecule has 0 unspecified atom stereocenters. The van der Waals surface area contributed by atoms with Crippen molar-refractivity contribution in [2.75, 3.05) is 0 Å². The fraction of sp³-hybridized carbons (Fsp3) is 0.0492. The Morgan fingerprint density at radius 1 is 0.312 bits per heavy atom. The molecule has 12 rings (SSSR count). The van der Waals surface area contributed by atoms with Gasteiger partial charge in [0, 0.05) is 42.3 Å². The van der Waals surface area contributed by atoms with Crippen LogP contribution < -0.4 is 0 Å². The Labute approximate surface area is 377 Å². The van der Waals surface area contributed by atoms with Crippen molar-refractivity contribution in [1.82, 2.24) is 9.97 Å². The van der Waals surface area contributed by atoms with Gasteiger partial charge in [0.2, 0.25) is 0 Å². The molecule has 0 spiro atoms. The van der Waals surface area contributed by atoms with Crippen LogP contribution in [0.3, 0.4) is 0 Å². The number of nitrogens with zero attached hydrogens (tertiary/aromatic N) is 2. The van der Waals surface area contributed by atoms with E-state index in [0.717, 1.165) is 39.2 Å². The van der Waals surface area contributed by atoms with E-state index in [-0.39, 0.29) is 5.41 Å². The fourth-order valence-electron chi connectivity index (χ4n) is 9.78. The zero-order chi connectivity index (χ0) is 42.8. The molecule has 1 aliphatic carbocycles. The summed E-state index contributed by atoms with van der Waals surface area (Å²) < 4.78 is 2.60. The highest BCUT2D eigenvalue weighted by molar-refractivity contribution is 7.25. The Morgan fingerprint density at radius 3 is 1.62 bits per heavy atom. The molecule has 0 radical (unpaired) electrons. The maximum Gasteiger partial charge on any atom is 0.160 e. The minimum atomic E-state index is -0.0566. The summed E-state index contributed by atoms with van der Waals surface area (Å²) in [5, 5.41) is 2.57. The summed E-state index contributed by atoms with van der Waals surface area (Å²) >= 11 is 1.85. The molecule has 302 valence electrons. The standard InChI is InChI=1S/C61H42N2S/c1-61(2)54-23-13-11-21-50(54)51-31-29-44(37-55(51)61)39-25-27-41(28-26-39)56-38-57(63-60(62-56)42-17-7-4-8-18-42)47-34-45(43-30-32-59-53(36-43)52-22-12-14-24-58(52)64-59)33-46(35-47)49-20-10-9-19-48(49)40-15-5-3-6-16-40/h3-38H,1-2H3. The van der Waals surface area contributed by atoms with E-state index in [0.29, 0.717) is 5.82 Å². The lowest BCUT2D eigenvalue weighted by molar-refractivity contribution is 0.660. The van der Waals surface area contributed by atoms with Crippen molar-refractivity contribution < 1.29 is 0 Å². The zero-order valence-corrected chi connectivity index (χ0v) is 36.4. The van der Waals surface area contributed by atoms with Gasteiger partial charge < -0.3 is 0 Å². The average molecular weight is 835 g/mol. The molecule has 0 atom stereocenters. The number of thiophene rings is 1. The van der Waals surface area contributed by atoms with E-state index >= 15 is 0 Å². The van der Waals surface area contributed by atoms with E-state index in [1.165, 1.54) is 75.8 Å². The topological polar surface area (TPSA) is 25.8 Å². The monoisotopic (exact) mass is 834 g/mol. The summed E-state index contributed by atoms with van der Waals surface area (Å²) in [5.41, 5.74) is 19.6. The van der Waals surface area contributed by atoms with Crippen molar-refractivity contribution >= 4 is 31.5 Å². The van der Waals surface area contributed by atoms with Gasteiger partial charge in [0.15, 0.2) is 5.82 Å². The highest BCUT2D eigenvalue weighted by atomic mass is 32.1. The van der Waals surface area contributed by atoms with Crippen molar-refractivity contribution in [2.24, 2.45) is 0 Å². The molecule has 2 nitrogen and oxygen atoms in total. The molecule has 2 heterocycles. The first-order valence-electron chi connectivity index (χ1n) is 22.0. The first-order valence-corrected chi connectivity index (χ1v) is 22.8. The Morgan fingerprint density at radius 2 is 0.844 bits per heavy atom. The fourth-order valence-corrected chi connectivity index (χ4v) is 10.9. The van der Waals surface area contributed by atoms with Crippen LogP contribution in [-0.2, 0) is 5.41 Å². The van der Waals surface area contributed by atoms with E-state index in [1.807, 2.05) is 17.4 Å². The predicted molar refractivity (Wildman–Crippen MR) is 271 cm³/mol. The molecule has 9 aromatic carbocycles. The summed E-state index contributed by atoms with van der Waals surface area (Å²) in [4.78, 5) is 10.6. The second-order valence-corrected chi connectivity index (χ2v) is 18.4. The van der Waals surface area contributed by atoms with Crippen LogP contribution in [0.5, 0.6) is 0 Å². The molecule has 0 amide bonds. The van der Waals surface area contributed by atoms with Crippen LogP contribution in [0, 0.1) is 0 Å². The molecule has 3 heteroatoms. The third kappa shape index (κ3) is 6.56. The predicted octanol–water partition coefficient (Wildman–Crippen LogP) is 16.8. The molecule has 64 heavy (non-hydrogen) atoms. The van der Waals surface area contributed by atoms with Crippen LogP contribution >= 0.6 is 11.3 Å². The van der Waals surface area contributed by atoms with Crippen molar-refractivity contribution in [3.05, 3.63) is 230 Å². The van der Waals surface area contributed by atoms with E-state index in [4.69, 9.17) is 9.97 Å². The molecule has 11 aromatic rings. The van der Waals surface area contributed by atoms with Crippen LogP contribution in [0.2, 0.25) is 0 Å². The Balaban J connectivity index is 1.01. The molecular formula is C61H42N2S. The normalized spacial score (nSPS) is 12.7. The quantitative estimate of drug-likeness (QED) is 0.160. The number of hydrogen-bond donors (Lipinski definition) is 0. The second-order valence-electron chi connectivity index (χ2n) is 17.4. The number of fused-ring (bicyclic) bond motifs is 6. The molecule has 0 N–H and O–H groups in total. The molecule has 2 aromatic heterocycles. The Bertz CT molecular complexity index is 3560. The first-order chi connectivity index (χ1) is 31.4. The number of rotatable bonds is 7. The Hall–Kier alpha value is -7.72. The number of benzene rings is 9. The summed E-state index contributed by atoms with van der Waals surface area (Å²) in [6.45, 7) is 4.68. The summed E-state index contributed by atoms with van der Waals surface area (Å²) in [5.74, 6) is 0.695. The molecule has 0 bridgehead atoms. The minimum Gasteiger partial charge on any atom is -0.228 e. The maximum absolute atomic E-state index is 5.35.